The van der Waals surface area contributed by atoms with E-state index in [0.29, 0.717) is 24.0 Å². The Morgan fingerprint density at radius 1 is 1.15 bits per heavy atom. The molecule has 1 atom stereocenters. The Labute approximate surface area is 192 Å². The van der Waals surface area contributed by atoms with E-state index >= 15 is 0 Å². The van der Waals surface area contributed by atoms with Crippen LogP contribution in [0.15, 0.2) is 48.7 Å². The molecule has 0 aliphatic heterocycles. The molecule has 1 aromatic carbocycles. The highest BCUT2D eigenvalue weighted by Gasteiger charge is 2.38. The fraction of sp³-hybridized carbons (Fsp3) is 0.385. The minimum atomic E-state index is -1.04. The molecule has 4 rings (SSSR count). The van der Waals surface area contributed by atoms with Crippen molar-refractivity contribution in [3.8, 4) is 5.88 Å². The first-order chi connectivity index (χ1) is 15.9. The third-order valence-corrected chi connectivity index (χ3v) is 6.61. The molecule has 0 radical (unpaired) electrons. The summed E-state index contributed by atoms with van der Waals surface area (Å²) in [6, 6.07) is 9.20. The van der Waals surface area contributed by atoms with Crippen molar-refractivity contribution in [2.75, 3.05) is 13.7 Å². The van der Waals surface area contributed by atoms with E-state index < -0.39 is 17.2 Å². The highest BCUT2D eigenvalue weighted by Crippen LogP contribution is 2.41. The molecule has 174 valence electrons. The van der Waals surface area contributed by atoms with Crippen molar-refractivity contribution in [2.24, 2.45) is 5.92 Å². The normalized spacial score (nSPS) is 20.8. The average molecular weight is 454 g/mol. The van der Waals surface area contributed by atoms with Gasteiger partial charge in [-0.3, -0.25) is 4.98 Å². The number of nitrogens with zero attached hydrogens (tertiary/aromatic N) is 2. The standard InChI is InChI=1S/C26H29F2N3O2/c1-26(32,21-13-15-30-23-11-12-24(33-2)31-25(21)23)18-5-8-20(9-6-18)29-14-3-4-17-16-19(27)7-10-22(17)28/h3-4,7,10-13,15-16,18,20,29,32H,5-6,8-9,14H2,1-2H3/b4-3+. The second-order valence-corrected chi connectivity index (χ2v) is 8.75. The monoisotopic (exact) mass is 453 g/mol. The number of fused-ring (bicyclic) bond motifs is 1. The molecule has 7 heteroatoms. The van der Waals surface area contributed by atoms with Crippen molar-refractivity contribution < 1.29 is 18.6 Å². The van der Waals surface area contributed by atoms with Crippen LogP contribution in [0.25, 0.3) is 17.1 Å². The Morgan fingerprint density at radius 2 is 1.94 bits per heavy atom. The first-order valence-electron chi connectivity index (χ1n) is 11.3. The smallest absolute Gasteiger partial charge is 0.213 e. The van der Waals surface area contributed by atoms with Crippen LogP contribution in [0.2, 0.25) is 0 Å². The van der Waals surface area contributed by atoms with Gasteiger partial charge in [0.2, 0.25) is 5.88 Å². The molecule has 1 saturated carbocycles. The van der Waals surface area contributed by atoms with Gasteiger partial charge in [-0.05, 0) is 68.9 Å². The number of aliphatic hydroxyl groups is 1. The van der Waals surface area contributed by atoms with E-state index in [0.717, 1.165) is 48.9 Å². The number of rotatable bonds is 7. The second-order valence-electron chi connectivity index (χ2n) is 8.75. The molecule has 0 bridgehead atoms. The van der Waals surface area contributed by atoms with Gasteiger partial charge in [-0.2, -0.15) is 0 Å². The summed E-state index contributed by atoms with van der Waals surface area (Å²) in [5.74, 6) is -0.311. The van der Waals surface area contributed by atoms with E-state index in [9.17, 15) is 13.9 Å². The summed E-state index contributed by atoms with van der Waals surface area (Å²) < 4.78 is 32.2. The van der Waals surface area contributed by atoms with E-state index in [1.807, 2.05) is 25.1 Å². The quantitative estimate of drug-likeness (QED) is 0.528. The highest BCUT2D eigenvalue weighted by atomic mass is 19.1. The van der Waals surface area contributed by atoms with Crippen LogP contribution in [-0.4, -0.2) is 34.8 Å². The SMILES string of the molecule is COc1ccc2nccc(C(C)(O)C3CCC(NC/C=C/c4cc(F)ccc4F)CC3)c2n1. The molecule has 1 aliphatic rings. The Kier molecular flexibility index (Phi) is 7.00. The number of hydrogen-bond donors (Lipinski definition) is 2. The Morgan fingerprint density at radius 3 is 2.70 bits per heavy atom. The van der Waals surface area contributed by atoms with Crippen LogP contribution in [0, 0.1) is 17.6 Å². The van der Waals surface area contributed by atoms with Crippen LogP contribution < -0.4 is 10.1 Å². The fourth-order valence-electron chi connectivity index (χ4n) is 4.67. The summed E-state index contributed by atoms with van der Waals surface area (Å²) in [5.41, 5.74) is 1.36. The van der Waals surface area contributed by atoms with Crippen molar-refractivity contribution in [1.29, 1.82) is 0 Å². The van der Waals surface area contributed by atoms with Crippen LogP contribution in [0.1, 0.15) is 43.7 Å². The summed E-state index contributed by atoms with van der Waals surface area (Å²) in [6.45, 7) is 2.43. The van der Waals surface area contributed by atoms with Crippen LogP contribution in [0.3, 0.4) is 0 Å². The van der Waals surface area contributed by atoms with Gasteiger partial charge in [0, 0.05) is 36.0 Å². The second kappa shape index (κ2) is 9.93. The zero-order valence-corrected chi connectivity index (χ0v) is 18.9. The summed E-state index contributed by atoms with van der Waals surface area (Å²) in [6.07, 6.45) is 8.67. The first kappa shape index (κ1) is 23.3. The van der Waals surface area contributed by atoms with Gasteiger partial charge < -0.3 is 15.2 Å². The maximum absolute atomic E-state index is 13.7. The molecule has 3 aromatic rings. The Bertz CT molecular complexity index is 1140. The number of nitrogens with one attached hydrogen (secondary N) is 1. The van der Waals surface area contributed by atoms with Gasteiger partial charge in [-0.15, -0.1) is 0 Å². The van der Waals surface area contributed by atoms with E-state index in [2.05, 4.69) is 15.3 Å². The van der Waals surface area contributed by atoms with Crippen molar-refractivity contribution in [3.63, 3.8) is 0 Å². The predicted molar refractivity (Wildman–Crippen MR) is 125 cm³/mol. The third kappa shape index (κ3) is 5.20. The van der Waals surface area contributed by atoms with Gasteiger partial charge in [0.15, 0.2) is 0 Å². The lowest BCUT2D eigenvalue weighted by Crippen LogP contribution is -2.40. The molecule has 0 spiro atoms. The van der Waals surface area contributed by atoms with Gasteiger partial charge in [0.1, 0.15) is 11.6 Å². The Hall–Kier alpha value is -2.90. The number of methoxy groups -OCH3 is 1. The van der Waals surface area contributed by atoms with Gasteiger partial charge in [0.25, 0.3) is 0 Å². The molecule has 5 nitrogen and oxygen atoms in total. The van der Waals surface area contributed by atoms with Crippen LogP contribution in [0.5, 0.6) is 5.88 Å². The summed E-state index contributed by atoms with van der Waals surface area (Å²) in [7, 11) is 1.57. The lowest BCUT2D eigenvalue weighted by atomic mass is 9.73. The van der Waals surface area contributed by atoms with Gasteiger partial charge in [-0.25, -0.2) is 13.8 Å². The topological polar surface area (TPSA) is 67.3 Å². The number of pyridine rings is 2. The van der Waals surface area contributed by atoms with Crippen molar-refractivity contribution in [1.82, 2.24) is 15.3 Å². The number of ether oxygens (including phenoxy) is 1. The summed E-state index contributed by atoms with van der Waals surface area (Å²) in [4.78, 5) is 8.91. The zero-order chi connectivity index (χ0) is 23.4. The van der Waals surface area contributed by atoms with Crippen LogP contribution >= 0.6 is 0 Å². The van der Waals surface area contributed by atoms with E-state index in [1.54, 1.807) is 25.4 Å². The molecule has 2 heterocycles. The Balaban J connectivity index is 1.37. The molecule has 1 aliphatic carbocycles. The molecule has 1 unspecified atom stereocenters. The molecular formula is C26H29F2N3O2. The van der Waals surface area contributed by atoms with E-state index in [1.165, 1.54) is 6.07 Å². The molecule has 2 aromatic heterocycles. The molecule has 1 fully saturated rings. The van der Waals surface area contributed by atoms with Crippen LogP contribution in [-0.2, 0) is 5.60 Å². The average Bonchev–Trinajstić information content (AvgIpc) is 2.83. The maximum Gasteiger partial charge on any atom is 0.213 e. The number of hydrogen-bond acceptors (Lipinski definition) is 5. The largest absolute Gasteiger partial charge is 0.481 e. The molecule has 33 heavy (non-hydrogen) atoms. The first-order valence-corrected chi connectivity index (χ1v) is 11.3. The summed E-state index contributed by atoms with van der Waals surface area (Å²) >= 11 is 0. The molecule has 0 amide bonds. The van der Waals surface area contributed by atoms with Gasteiger partial charge >= 0.3 is 0 Å². The van der Waals surface area contributed by atoms with Crippen molar-refractivity contribution in [3.05, 3.63) is 71.4 Å². The molecule has 0 saturated heterocycles. The van der Waals surface area contributed by atoms with E-state index in [-0.39, 0.29) is 11.5 Å². The van der Waals surface area contributed by atoms with Crippen molar-refractivity contribution in [2.45, 2.75) is 44.2 Å². The fourth-order valence-corrected chi connectivity index (χ4v) is 4.67. The zero-order valence-electron chi connectivity index (χ0n) is 18.9. The summed E-state index contributed by atoms with van der Waals surface area (Å²) in [5, 5.41) is 15.0. The van der Waals surface area contributed by atoms with Gasteiger partial charge in [0.05, 0.1) is 23.7 Å². The van der Waals surface area contributed by atoms with Gasteiger partial charge in [-0.1, -0.05) is 12.2 Å². The maximum atomic E-state index is 13.7. The number of benzene rings is 1. The van der Waals surface area contributed by atoms with E-state index in [4.69, 9.17) is 4.74 Å². The highest BCUT2D eigenvalue weighted by molar-refractivity contribution is 5.79. The van der Waals surface area contributed by atoms with Crippen LogP contribution in [0.4, 0.5) is 8.78 Å². The molecule has 2 N–H and O–H groups in total. The number of halogens is 2. The van der Waals surface area contributed by atoms with Crippen molar-refractivity contribution >= 4 is 17.1 Å². The number of aromatic nitrogens is 2. The lowest BCUT2D eigenvalue weighted by molar-refractivity contribution is -0.0235. The lowest BCUT2D eigenvalue weighted by Gasteiger charge is -2.38. The predicted octanol–water partition coefficient (Wildman–Crippen LogP) is 4.99. The minimum absolute atomic E-state index is 0.0890. The molecular weight excluding hydrogens is 424 g/mol. The third-order valence-electron chi connectivity index (χ3n) is 6.61. The minimum Gasteiger partial charge on any atom is -0.481 e.